The fourth-order valence-electron chi connectivity index (χ4n) is 2.05. The average molecular weight is 249 g/mol. The molecule has 0 aliphatic carbocycles. The van der Waals surface area contributed by atoms with Crippen LogP contribution in [0.15, 0.2) is 12.3 Å². The molecule has 1 atom stereocenters. The first-order valence-corrected chi connectivity index (χ1v) is 5.75. The van der Waals surface area contributed by atoms with Crippen molar-refractivity contribution in [3.63, 3.8) is 0 Å². The highest BCUT2D eigenvalue weighted by Gasteiger charge is 2.42. The minimum Gasteiger partial charge on any atom is -0.481 e. The van der Waals surface area contributed by atoms with Crippen molar-refractivity contribution < 1.29 is 14.7 Å². The molecular formula is C12H15N3O3. The van der Waals surface area contributed by atoms with Gasteiger partial charge in [0.1, 0.15) is 11.5 Å². The third-order valence-corrected chi connectivity index (χ3v) is 3.27. The number of carboxylic acid groups (broad SMARTS) is 1. The molecule has 1 aliphatic heterocycles. The van der Waals surface area contributed by atoms with Crippen LogP contribution in [0.4, 0.5) is 0 Å². The number of hydrogen-bond donors (Lipinski definition) is 1. The van der Waals surface area contributed by atoms with Crippen LogP contribution in [0.1, 0.15) is 29.7 Å². The maximum atomic E-state index is 12.2. The van der Waals surface area contributed by atoms with Crippen LogP contribution in [0.25, 0.3) is 0 Å². The quantitative estimate of drug-likeness (QED) is 0.835. The minimum absolute atomic E-state index is 0.226. The topological polar surface area (TPSA) is 83.4 Å². The highest BCUT2D eigenvalue weighted by Crippen LogP contribution is 2.30. The van der Waals surface area contributed by atoms with Crippen molar-refractivity contribution in [1.82, 2.24) is 14.9 Å². The number of carbonyl (C=O) groups is 2. The number of aliphatic carboxylic acids is 1. The van der Waals surface area contributed by atoms with Crippen molar-refractivity contribution in [2.45, 2.75) is 20.3 Å². The van der Waals surface area contributed by atoms with Gasteiger partial charge in [-0.05, 0) is 26.3 Å². The molecule has 1 aliphatic rings. The number of rotatable bonds is 2. The first kappa shape index (κ1) is 12.5. The maximum absolute atomic E-state index is 12.2. The molecule has 0 spiro atoms. The number of aryl methyl sites for hydroxylation is 1. The molecule has 1 N–H and O–H groups in total. The second-order valence-corrected chi connectivity index (χ2v) is 4.83. The van der Waals surface area contributed by atoms with Crippen molar-refractivity contribution in [2.75, 3.05) is 13.1 Å². The van der Waals surface area contributed by atoms with Crippen LogP contribution >= 0.6 is 0 Å². The summed E-state index contributed by atoms with van der Waals surface area (Å²) in [6.45, 7) is 4.05. The van der Waals surface area contributed by atoms with Crippen LogP contribution < -0.4 is 0 Å². The van der Waals surface area contributed by atoms with E-state index in [2.05, 4.69) is 9.97 Å². The molecule has 0 aromatic carbocycles. The molecule has 18 heavy (non-hydrogen) atoms. The first-order valence-electron chi connectivity index (χ1n) is 5.75. The molecule has 6 heteroatoms. The summed E-state index contributed by atoms with van der Waals surface area (Å²) in [6, 6.07) is 1.55. The van der Waals surface area contributed by atoms with Gasteiger partial charge >= 0.3 is 5.97 Å². The summed E-state index contributed by atoms with van der Waals surface area (Å²) >= 11 is 0. The number of amides is 1. The van der Waals surface area contributed by atoms with Gasteiger partial charge in [-0.15, -0.1) is 0 Å². The second kappa shape index (κ2) is 4.36. The van der Waals surface area contributed by atoms with Crippen molar-refractivity contribution in [1.29, 1.82) is 0 Å². The third-order valence-electron chi connectivity index (χ3n) is 3.27. The van der Waals surface area contributed by atoms with E-state index < -0.39 is 11.4 Å². The smallest absolute Gasteiger partial charge is 0.311 e. The molecule has 1 aromatic rings. The normalized spacial score (nSPS) is 23.1. The van der Waals surface area contributed by atoms with Gasteiger partial charge in [-0.3, -0.25) is 9.59 Å². The number of hydrogen-bond acceptors (Lipinski definition) is 4. The Bertz CT molecular complexity index is 503. The van der Waals surface area contributed by atoms with Gasteiger partial charge in [0.25, 0.3) is 5.91 Å². The summed E-state index contributed by atoms with van der Waals surface area (Å²) in [7, 11) is 0. The molecule has 6 nitrogen and oxygen atoms in total. The minimum atomic E-state index is -0.864. The SMILES string of the molecule is Cc1nccc(C(=O)N2CC[C@@](C)(C(=O)O)C2)n1. The van der Waals surface area contributed by atoms with E-state index in [1.807, 2.05) is 0 Å². The van der Waals surface area contributed by atoms with E-state index in [9.17, 15) is 9.59 Å². The van der Waals surface area contributed by atoms with Crippen LogP contribution in [0.5, 0.6) is 0 Å². The fourth-order valence-corrected chi connectivity index (χ4v) is 2.05. The van der Waals surface area contributed by atoms with Gasteiger partial charge < -0.3 is 10.0 Å². The summed E-state index contributed by atoms with van der Waals surface area (Å²) in [5.41, 5.74) is -0.533. The van der Waals surface area contributed by atoms with E-state index in [1.54, 1.807) is 19.9 Å². The van der Waals surface area contributed by atoms with Gasteiger partial charge in [0.05, 0.1) is 5.41 Å². The van der Waals surface area contributed by atoms with Gasteiger partial charge in [0.2, 0.25) is 0 Å². The number of carbonyl (C=O) groups excluding carboxylic acids is 1. The third kappa shape index (κ3) is 2.18. The summed E-state index contributed by atoms with van der Waals surface area (Å²) < 4.78 is 0. The molecule has 1 amide bonds. The summed E-state index contributed by atoms with van der Waals surface area (Å²) in [4.78, 5) is 32.8. The van der Waals surface area contributed by atoms with Gasteiger partial charge in [0, 0.05) is 19.3 Å². The van der Waals surface area contributed by atoms with Gasteiger partial charge in [0.15, 0.2) is 0 Å². The molecule has 0 bridgehead atoms. The highest BCUT2D eigenvalue weighted by atomic mass is 16.4. The molecule has 0 unspecified atom stereocenters. The summed E-state index contributed by atoms with van der Waals surface area (Å²) in [5.74, 6) is -0.566. The molecule has 96 valence electrons. The standard InChI is InChI=1S/C12H15N3O3/c1-8-13-5-3-9(14-8)10(16)15-6-4-12(2,7-15)11(17)18/h3,5H,4,6-7H2,1-2H3,(H,17,18)/t12-/m1/s1. The predicted octanol–water partition coefficient (Wildman–Crippen LogP) is 0.722. The zero-order chi connectivity index (χ0) is 13.3. The van der Waals surface area contributed by atoms with Gasteiger partial charge in [-0.2, -0.15) is 0 Å². The summed E-state index contributed by atoms with van der Waals surface area (Å²) in [6.07, 6.45) is 2.00. The van der Waals surface area contributed by atoms with E-state index in [-0.39, 0.29) is 12.5 Å². The predicted molar refractivity (Wildman–Crippen MR) is 63.0 cm³/mol. The van der Waals surface area contributed by atoms with Crippen molar-refractivity contribution in [3.8, 4) is 0 Å². The molecule has 1 saturated heterocycles. The fraction of sp³-hybridized carbons (Fsp3) is 0.500. The van der Waals surface area contributed by atoms with E-state index in [0.717, 1.165) is 0 Å². The molecule has 1 aromatic heterocycles. The molecule has 1 fully saturated rings. The van der Waals surface area contributed by atoms with Crippen molar-refractivity contribution >= 4 is 11.9 Å². The van der Waals surface area contributed by atoms with E-state index in [4.69, 9.17) is 5.11 Å². The van der Waals surface area contributed by atoms with Gasteiger partial charge in [-0.1, -0.05) is 0 Å². The lowest BCUT2D eigenvalue weighted by Crippen LogP contribution is -2.35. The molecular weight excluding hydrogens is 234 g/mol. The lowest BCUT2D eigenvalue weighted by atomic mass is 9.90. The van der Waals surface area contributed by atoms with Gasteiger partial charge in [-0.25, -0.2) is 9.97 Å². The van der Waals surface area contributed by atoms with E-state index in [0.29, 0.717) is 24.5 Å². The van der Waals surface area contributed by atoms with E-state index in [1.165, 1.54) is 11.1 Å². The van der Waals surface area contributed by atoms with Crippen molar-refractivity contribution in [2.24, 2.45) is 5.41 Å². The second-order valence-electron chi connectivity index (χ2n) is 4.83. The summed E-state index contributed by atoms with van der Waals surface area (Å²) in [5, 5.41) is 9.12. The van der Waals surface area contributed by atoms with E-state index >= 15 is 0 Å². The zero-order valence-electron chi connectivity index (χ0n) is 10.4. The number of carboxylic acids is 1. The number of nitrogens with zero attached hydrogens (tertiary/aromatic N) is 3. The lowest BCUT2D eigenvalue weighted by molar-refractivity contribution is -0.147. The first-order chi connectivity index (χ1) is 8.42. The van der Waals surface area contributed by atoms with Crippen molar-refractivity contribution in [3.05, 3.63) is 23.8 Å². The monoisotopic (exact) mass is 249 g/mol. The van der Waals surface area contributed by atoms with Crippen LogP contribution in [-0.4, -0.2) is 44.9 Å². The highest BCUT2D eigenvalue weighted by molar-refractivity contribution is 5.93. The Hall–Kier alpha value is -1.98. The molecule has 2 heterocycles. The average Bonchev–Trinajstić information content (AvgIpc) is 2.72. The number of likely N-dealkylation sites (tertiary alicyclic amines) is 1. The van der Waals surface area contributed by atoms with Crippen LogP contribution in [0.2, 0.25) is 0 Å². The largest absolute Gasteiger partial charge is 0.481 e. The Morgan fingerprint density at radius 3 is 2.78 bits per heavy atom. The maximum Gasteiger partial charge on any atom is 0.311 e. The Morgan fingerprint density at radius 1 is 1.50 bits per heavy atom. The zero-order valence-corrected chi connectivity index (χ0v) is 10.4. The Morgan fingerprint density at radius 2 is 2.22 bits per heavy atom. The molecule has 2 rings (SSSR count). The Kier molecular flexibility index (Phi) is 3.02. The Labute approximate surface area is 105 Å². The molecule has 0 radical (unpaired) electrons. The van der Waals surface area contributed by atoms with Crippen LogP contribution in [0, 0.1) is 12.3 Å². The van der Waals surface area contributed by atoms with Crippen LogP contribution in [-0.2, 0) is 4.79 Å². The molecule has 0 saturated carbocycles. The lowest BCUT2D eigenvalue weighted by Gasteiger charge is -2.19. The number of aromatic nitrogens is 2. The Balaban J connectivity index is 2.15. The van der Waals surface area contributed by atoms with Crippen LogP contribution in [0.3, 0.4) is 0 Å².